The molecule has 0 bridgehead atoms. The number of hydrogen-bond donors (Lipinski definition) is 1. The van der Waals surface area contributed by atoms with Crippen LogP contribution in [0.2, 0.25) is 0 Å². The Balaban J connectivity index is 1.42. The molecule has 1 aliphatic heterocycles. The third-order valence-corrected chi connectivity index (χ3v) is 6.60. The molecule has 1 aliphatic rings. The van der Waals surface area contributed by atoms with Gasteiger partial charge in [-0.3, -0.25) is 4.79 Å². The van der Waals surface area contributed by atoms with E-state index in [1.165, 1.54) is 47.4 Å². The largest absolute Gasteiger partial charge is 0.494 e. The van der Waals surface area contributed by atoms with E-state index in [4.69, 9.17) is 14.9 Å². The van der Waals surface area contributed by atoms with E-state index in [0.717, 1.165) is 12.1 Å². The molecular weight excluding hydrogens is 558 g/mol. The van der Waals surface area contributed by atoms with E-state index in [1.54, 1.807) is 0 Å². The van der Waals surface area contributed by atoms with Crippen LogP contribution < -0.4 is 15.4 Å². The number of ether oxygens (including phenoxy) is 1. The van der Waals surface area contributed by atoms with Crippen LogP contribution in [0.1, 0.15) is 27.5 Å². The molecule has 0 spiro atoms. The summed E-state index contributed by atoms with van der Waals surface area (Å²) in [6, 6.07) is 7.11. The second-order valence-corrected chi connectivity index (χ2v) is 9.05. The molecule has 1 amide bonds. The number of halogens is 6. The van der Waals surface area contributed by atoms with Crippen molar-refractivity contribution >= 4 is 22.6 Å². The lowest BCUT2D eigenvalue weighted by atomic mass is 10.1. The Kier molecular flexibility index (Phi) is 7.23. The van der Waals surface area contributed by atoms with Crippen LogP contribution in [0.15, 0.2) is 47.0 Å². The number of piperazine rings is 1. The highest BCUT2D eigenvalue weighted by atomic mass is 19.4. The molecular formula is C26H22F6N6O3. The molecule has 3 aromatic heterocycles. The fourth-order valence-corrected chi connectivity index (χ4v) is 4.61. The second kappa shape index (κ2) is 10.5. The Morgan fingerprint density at radius 2 is 1.73 bits per heavy atom. The van der Waals surface area contributed by atoms with Crippen molar-refractivity contribution in [2.24, 2.45) is 5.73 Å². The predicted molar refractivity (Wildman–Crippen MR) is 134 cm³/mol. The monoisotopic (exact) mass is 580 g/mol. The van der Waals surface area contributed by atoms with Crippen LogP contribution in [0.5, 0.6) is 5.75 Å². The number of alkyl halides is 6. The molecule has 5 rings (SSSR count). The molecule has 41 heavy (non-hydrogen) atoms. The van der Waals surface area contributed by atoms with E-state index >= 15 is 0 Å². The average Bonchev–Trinajstić information content (AvgIpc) is 3.39. The van der Waals surface area contributed by atoms with Crippen LogP contribution in [0.4, 0.5) is 32.2 Å². The third kappa shape index (κ3) is 5.36. The summed E-state index contributed by atoms with van der Waals surface area (Å²) in [6.07, 6.45) is -7.99. The fraction of sp³-hybridized carbons (Fsp3) is 0.308. The summed E-state index contributed by atoms with van der Waals surface area (Å²) >= 11 is 0. The Bertz CT molecular complexity index is 1600. The van der Waals surface area contributed by atoms with Crippen molar-refractivity contribution < 1.29 is 40.3 Å². The van der Waals surface area contributed by atoms with Crippen molar-refractivity contribution in [1.29, 1.82) is 0 Å². The molecule has 9 nitrogen and oxygen atoms in total. The lowest BCUT2D eigenvalue weighted by molar-refractivity contribution is -0.141. The van der Waals surface area contributed by atoms with Crippen molar-refractivity contribution in [3.8, 4) is 17.2 Å². The summed E-state index contributed by atoms with van der Waals surface area (Å²) in [5.41, 5.74) is 3.90. The van der Waals surface area contributed by atoms with E-state index in [0.29, 0.717) is 0 Å². The highest BCUT2D eigenvalue weighted by molar-refractivity contribution is 5.98. The van der Waals surface area contributed by atoms with Gasteiger partial charge >= 0.3 is 12.4 Å². The van der Waals surface area contributed by atoms with Crippen LogP contribution in [0, 0.1) is 0 Å². The number of benzene rings is 1. The summed E-state index contributed by atoms with van der Waals surface area (Å²) in [5.74, 6) is -0.693. The molecule has 15 heteroatoms. The molecule has 1 saturated heterocycles. The average molecular weight is 580 g/mol. The molecule has 216 valence electrons. The lowest BCUT2D eigenvalue weighted by Gasteiger charge is -2.36. The van der Waals surface area contributed by atoms with Gasteiger partial charge in [0.25, 0.3) is 5.91 Å². The Hall–Kier alpha value is -4.40. The van der Waals surface area contributed by atoms with E-state index in [9.17, 15) is 31.1 Å². The SMILES string of the molecule is COc1ccc(-c2nc(C(=O)N3CCN(c4ncccc4C(F)(F)F)CC3)c(CN)o2)c2ccc(C(F)(F)F)nc12. The smallest absolute Gasteiger partial charge is 0.433 e. The molecule has 0 unspecified atom stereocenters. The summed E-state index contributed by atoms with van der Waals surface area (Å²) in [7, 11) is 1.29. The van der Waals surface area contributed by atoms with Crippen LogP contribution in [0.3, 0.4) is 0 Å². The van der Waals surface area contributed by atoms with Crippen molar-refractivity contribution in [1.82, 2.24) is 19.9 Å². The van der Waals surface area contributed by atoms with E-state index in [2.05, 4.69) is 15.0 Å². The normalized spacial score (nSPS) is 14.5. The first-order chi connectivity index (χ1) is 19.4. The number of rotatable bonds is 5. The zero-order chi connectivity index (χ0) is 29.5. The summed E-state index contributed by atoms with van der Waals surface area (Å²) in [5, 5.41) is 0.241. The molecule has 1 aromatic carbocycles. The van der Waals surface area contributed by atoms with E-state index in [-0.39, 0.29) is 78.1 Å². The van der Waals surface area contributed by atoms with Gasteiger partial charge in [0.15, 0.2) is 11.5 Å². The molecule has 0 radical (unpaired) electrons. The summed E-state index contributed by atoms with van der Waals surface area (Å²) in [4.78, 5) is 28.2. The van der Waals surface area contributed by atoms with Gasteiger partial charge in [0.2, 0.25) is 5.89 Å². The predicted octanol–water partition coefficient (Wildman–Crippen LogP) is 4.75. The summed E-state index contributed by atoms with van der Waals surface area (Å²) < 4.78 is 91.2. The van der Waals surface area contributed by atoms with Gasteiger partial charge < -0.3 is 24.7 Å². The first-order valence-corrected chi connectivity index (χ1v) is 12.2. The number of carbonyl (C=O) groups is 1. The maximum Gasteiger partial charge on any atom is 0.433 e. The zero-order valence-electron chi connectivity index (χ0n) is 21.4. The number of anilines is 1. The number of methoxy groups -OCH3 is 1. The first kappa shape index (κ1) is 28.1. The standard InChI is InChI=1S/C26H22F6N6O3/c1-40-17-6-4-15(14-5-7-19(26(30,31)32)35-20(14)17)23-36-21(18(13-33)41-23)24(39)38-11-9-37(10-12-38)22-16(25(27,28)29)3-2-8-34-22/h2-8H,9-13,33H2,1H3. The van der Waals surface area contributed by atoms with Gasteiger partial charge in [-0.05, 0) is 36.4 Å². The minimum atomic E-state index is -4.68. The topological polar surface area (TPSA) is 111 Å². The van der Waals surface area contributed by atoms with Gasteiger partial charge in [-0.15, -0.1) is 0 Å². The minimum Gasteiger partial charge on any atom is -0.494 e. The van der Waals surface area contributed by atoms with Crippen molar-refractivity contribution in [3.05, 3.63) is 65.3 Å². The number of amides is 1. The molecule has 4 aromatic rings. The molecule has 2 N–H and O–H groups in total. The zero-order valence-corrected chi connectivity index (χ0v) is 21.4. The number of oxazole rings is 1. The van der Waals surface area contributed by atoms with Gasteiger partial charge in [0, 0.05) is 43.3 Å². The molecule has 1 fully saturated rings. The van der Waals surface area contributed by atoms with Crippen molar-refractivity contribution in [2.45, 2.75) is 18.9 Å². The van der Waals surface area contributed by atoms with E-state index in [1.807, 2.05) is 0 Å². The number of fused-ring (bicyclic) bond motifs is 1. The summed E-state index contributed by atoms with van der Waals surface area (Å²) in [6.45, 7) is 0.125. The number of pyridine rings is 2. The highest BCUT2D eigenvalue weighted by Gasteiger charge is 2.37. The molecule has 0 saturated carbocycles. The number of nitrogens with two attached hydrogens (primary N) is 1. The molecule has 0 aliphatic carbocycles. The minimum absolute atomic E-state index is 0.0420. The van der Waals surface area contributed by atoms with Gasteiger partial charge in [-0.2, -0.15) is 26.3 Å². The number of aromatic nitrogens is 3. The van der Waals surface area contributed by atoms with Gasteiger partial charge in [-0.25, -0.2) is 15.0 Å². The number of hydrogen-bond acceptors (Lipinski definition) is 8. The van der Waals surface area contributed by atoms with Crippen molar-refractivity contribution in [2.75, 3.05) is 38.2 Å². The van der Waals surface area contributed by atoms with Crippen LogP contribution in [0.25, 0.3) is 22.4 Å². The van der Waals surface area contributed by atoms with Crippen LogP contribution >= 0.6 is 0 Å². The number of nitrogens with zero attached hydrogens (tertiary/aromatic N) is 5. The van der Waals surface area contributed by atoms with Crippen molar-refractivity contribution in [3.63, 3.8) is 0 Å². The second-order valence-electron chi connectivity index (χ2n) is 9.05. The Morgan fingerprint density at radius 1 is 1.00 bits per heavy atom. The maximum absolute atomic E-state index is 13.4. The quantitative estimate of drug-likeness (QED) is 0.337. The van der Waals surface area contributed by atoms with E-state index < -0.39 is 29.5 Å². The Labute approximate surface area is 228 Å². The Morgan fingerprint density at radius 3 is 2.37 bits per heavy atom. The van der Waals surface area contributed by atoms with Crippen LogP contribution in [-0.4, -0.2) is 59.0 Å². The van der Waals surface area contributed by atoms with Gasteiger partial charge in [0.1, 0.15) is 22.8 Å². The van der Waals surface area contributed by atoms with Gasteiger partial charge in [0.05, 0.1) is 19.2 Å². The first-order valence-electron chi connectivity index (χ1n) is 12.2. The van der Waals surface area contributed by atoms with Gasteiger partial charge in [-0.1, -0.05) is 0 Å². The molecule has 0 atom stereocenters. The molecule has 4 heterocycles. The third-order valence-electron chi connectivity index (χ3n) is 6.60. The van der Waals surface area contributed by atoms with Crippen LogP contribution in [-0.2, 0) is 18.9 Å². The highest BCUT2D eigenvalue weighted by Crippen LogP contribution is 2.38. The maximum atomic E-state index is 13.4. The fourth-order valence-electron chi connectivity index (χ4n) is 4.61. The number of carbonyl (C=O) groups excluding carboxylic acids is 1. The lowest BCUT2D eigenvalue weighted by Crippen LogP contribution is -2.49.